The lowest BCUT2D eigenvalue weighted by atomic mass is 9.93. The van der Waals surface area contributed by atoms with Crippen LogP contribution in [0, 0.1) is 5.92 Å². The Labute approximate surface area is 103 Å². The average molecular weight is 253 g/mol. The topological polar surface area (TPSA) is 106 Å². The zero-order valence-corrected chi connectivity index (χ0v) is 9.81. The molecule has 18 heavy (non-hydrogen) atoms. The lowest BCUT2D eigenvalue weighted by Gasteiger charge is -2.30. The number of carboxylic acid groups (broad SMARTS) is 1. The number of rotatable bonds is 3. The molecule has 0 atom stereocenters. The number of aliphatic carboxylic acids is 1. The minimum Gasteiger partial charge on any atom is -0.481 e. The number of H-pyrrole nitrogens is 2. The van der Waals surface area contributed by atoms with E-state index in [2.05, 4.69) is 9.97 Å². The second kappa shape index (κ2) is 5.07. The predicted molar refractivity (Wildman–Crippen MR) is 62.3 cm³/mol. The van der Waals surface area contributed by atoms with Crippen molar-refractivity contribution in [3.8, 4) is 0 Å². The van der Waals surface area contributed by atoms with Crippen molar-refractivity contribution in [1.82, 2.24) is 14.9 Å². The molecule has 0 aliphatic carbocycles. The number of likely N-dealkylation sites (tertiary alicyclic amines) is 1. The highest BCUT2D eigenvalue weighted by Gasteiger charge is 2.25. The van der Waals surface area contributed by atoms with E-state index >= 15 is 0 Å². The van der Waals surface area contributed by atoms with Crippen molar-refractivity contribution in [2.24, 2.45) is 5.92 Å². The molecule has 0 unspecified atom stereocenters. The number of carboxylic acids is 1. The Morgan fingerprint density at radius 1 is 1.39 bits per heavy atom. The number of hydrogen-bond donors (Lipinski definition) is 3. The van der Waals surface area contributed by atoms with Crippen molar-refractivity contribution in [2.75, 3.05) is 13.1 Å². The van der Waals surface area contributed by atoms with E-state index in [0.717, 1.165) is 0 Å². The van der Waals surface area contributed by atoms with Crippen molar-refractivity contribution in [3.63, 3.8) is 0 Å². The molecule has 1 aromatic heterocycles. The molecule has 1 amide bonds. The van der Waals surface area contributed by atoms with Gasteiger partial charge in [-0.25, -0.2) is 4.79 Å². The van der Waals surface area contributed by atoms with Crippen molar-refractivity contribution in [1.29, 1.82) is 0 Å². The Morgan fingerprint density at radius 2 is 2.06 bits per heavy atom. The zero-order chi connectivity index (χ0) is 13.1. The van der Waals surface area contributed by atoms with Gasteiger partial charge in [0, 0.05) is 25.7 Å². The molecule has 3 N–H and O–H groups in total. The number of piperidine rings is 1. The number of aromatic amines is 2. The monoisotopic (exact) mass is 253 g/mol. The molecular formula is C11H15N3O4. The normalized spacial score (nSPS) is 16.8. The molecule has 0 saturated carbocycles. The molecule has 0 spiro atoms. The van der Waals surface area contributed by atoms with Gasteiger partial charge in [-0.2, -0.15) is 0 Å². The lowest BCUT2D eigenvalue weighted by molar-refractivity contribution is -0.138. The van der Waals surface area contributed by atoms with Gasteiger partial charge in [0.25, 0.3) is 5.91 Å². The summed E-state index contributed by atoms with van der Waals surface area (Å²) in [5, 5.41) is 8.70. The number of carbonyl (C=O) groups excluding carboxylic acids is 1. The summed E-state index contributed by atoms with van der Waals surface area (Å²) in [5.41, 5.74) is -0.157. The summed E-state index contributed by atoms with van der Waals surface area (Å²) in [6.45, 7) is 1.06. The first-order valence-corrected chi connectivity index (χ1v) is 5.85. The summed E-state index contributed by atoms with van der Waals surface area (Å²) in [5.74, 6) is -0.881. The van der Waals surface area contributed by atoms with Gasteiger partial charge in [-0.3, -0.25) is 9.59 Å². The molecule has 0 aromatic carbocycles. The fourth-order valence-electron chi connectivity index (χ4n) is 2.20. The Hall–Kier alpha value is -2.05. The van der Waals surface area contributed by atoms with E-state index in [4.69, 9.17) is 5.11 Å². The van der Waals surface area contributed by atoms with Gasteiger partial charge in [0.1, 0.15) is 5.69 Å². The fourth-order valence-corrected chi connectivity index (χ4v) is 2.20. The summed E-state index contributed by atoms with van der Waals surface area (Å²) in [6.07, 6.45) is 2.89. The predicted octanol–water partition coefficient (Wildman–Crippen LogP) is 0.0299. The molecule has 7 nitrogen and oxygen atoms in total. The molecule has 2 heterocycles. The number of nitrogens with one attached hydrogen (secondary N) is 2. The molecule has 2 rings (SSSR count). The standard InChI is InChI=1S/C11H15N3O4/c15-9(16)5-7-1-3-14(4-2-7)10(17)8-6-12-11(18)13-8/h6-7H,1-5H2,(H,15,16)(H2,12,13,18). The van der Waals surface area contributed by atoms with Crippen LogP contribution in [0.5, 0.6) is 0 Å². The molecule has 1 aliphatic rings. The van der Waals surface area contributed by atoms with Crippen LogP contribution in [-0.4, -0.2) is 44.9 Å². The smallest absolute Gasteiger partial charge is 0.323 e. The second-order valence-electron chi connectivity index (χ2n) is 4.49. The van der Waals surface area contributed by atoms with Crippen LogP contribution in [0.4, 0.5) is 0 Å². The van der Waals surface area contributed by atoms with E-state index in [9.17, 15) is 14.4 Å². The Morgan fingerprint density at radius 3 is 2.56 bits per heavy atom. The van der Waals surface area contributed by atoms with Gasteiger partial charge in [0.05, 0.1) is 0 Å². The minimum atomic E-state index is -0.797. The molecule has 0 radical (unpaired) electrons. The van der Waals surface area contributed by atoms with Crippen LogP contribution in [0.25, 0.3) is 0 Å². The molecule has 1 saturated heterocycles. The van der Waals surface area contributed by atoms with Gasteiger partial charge in [0.15, 0.2) is 0 Å². The maximum atomic E-state index is 12.0. The van der Waals surface area contributed by atoms with Crippen molar-refractivity contribution in [3.05, 3.63) is 22.4 Å². The van der Waals surface area contributed by atoms with Gasteiger partial charge in [-0.05, 0) is 18.8 Å². The lowest BCUT2D eigenvalue weighted by Crippen LogP contribution is -2.39. The third kappa shape index (κ3) is 2.79. The van der Waals surface area contributed by atoms with E-state index < -0.39 is 11.7 Å². The van der Waals surface area contributed by atoms with Gasteiger partial charge in [-0.1, -0.05) is 0 Å². The summed E-state index contributed by atoms with van der Waals surface area (Å²) < 4.78 is 0. The Bertz CT molecular complexity index is 496. The quantitative estimate of drug-likeness (QED) is 0.706. The van der Waals surface area contributed by atoms with E-state index in [0.29, 0.717) is 25.9 Å². The highest BCUT2D eigenvalue weighted by Crippen LogP contribution is 2.21. The van der Waals surface area contributed by atoms with Crippen LogP contribution in [0.2, 0.25) is 0 Å². The van der Waals surface area contributed by atoms with Crippen molar-refractivity contribution >= 4 is 11.9 Å². The van der Waals surface area contributed by atoms with Gasteiger partial charge >= 0.3 is 11.7 Å². The number of amides is 1. The number of hydrogen-bond acceptors (Lipinski definition) is 3. The van der Waals surface area contributed by atoms with Gasteiger partial charge < -0.3 is 20.0 Å². The van der Waals surface area contributed by atoms with E-state index in [1.165, 1.54) is 6.20 Å². The molecule has 7 heteroatoms. The van der Waals surface area contributed by atoms with E-state index in [-0.39, 0.29) is 23.9 Å². The van der Waals surface area contributed by atoms with Gasteiger partial charge in [-0.15, -0.1) is 0 Å². The summed E-state index contributed by atoms with van der Waals surface area (Å²) in [4.78, 5) is 39.9. The van der Waals surface area contributed by atoms with Crippen LogP contribution in [0.1, 0.15) is 29.8 Å². The highest BCUT2D eigenvalue weighted by atomic mass is 16.4. The molecular weight excluding hydrogens is 238 g/mol. The molecule has 1 aliphatic heterocycles. The summed E-state index contributed by atoms with van der Waals surface area (Å²) >= 11 is 0. The van der Waals surface area contributed by atoms with Gasteiger partial charge in [0.2, 0.25) is 0 Å². The molecule has 98 valence electrons. The van der Waals surface area contributed by atoms with E-state index in [1.54, 1.807) is 4.90 Å². The molecule has 1 aromatic rings. The minimum absolute atomic E-state index is 0.136. The van der Waals surface area contributed by atoms with Crippen molar-refractivity contribution in [2.45, 2.75) is 19.3 Å². The number of carbonyl (C=O) groups is 2. The molecule has 1 fully saturated rings. The first-order valence-electron chi connectivity index (χ1n) is 5.85. The first-order chi connectivity index (χ1) is 8.56. The Balaban J connectivity index is 1.91. The third-order valence-electron chi connectivity index (χ3n) is 3.19. The second-order valence-corrected chi connectivity index (χ2v) is 4.49. The van der Waals surface area contributed by atoms with Crippen LogP contribution in [0.3, 0.4) is 0 Å². The number of imidazole rings is 1. The average Bonchev–Trinajstić information content (AvgIpc) is 2.75. The summed E-state index contributed by atoms with van der Waals surface area (Å²) in [6, 6.07) is 0. The van der Waals surface area contributed by atoms with Crippen LogP contribution in [-0.2, 0) is 4.79 Å². The summed E-state index contributed by atoms with van der Waals surface area (Å²) in [7, 11) is 0. The SMILES string of the molecule is O=C(O)CC1CCN(C(=O)c2c[nH]c(=O)[nH]2)CC1. The zero-order valence-electron chi connectivity index (χ0n) is 9.81. The van der Waals surface area contributed by atoms with Crippen molar-refractivity contribution < 1.29 is 14.7 Å². The van der Waals surface area contributed by atoms with E-state index in [1.807, 2.05) is 0 Å². The number of aromatic nitrogens is 2. The Kier molecular flexibility index (Phi) is 3.50. The maximum Gasteiger partial charge on any atom is 0.323 e. The highest BCUT2D eigenvalue weighted by molar-refractivity contribution is 5.92. The third-order valence-corrected chi connectivity index (χ3v) is 3.19. The first kappa shape index (κ1) is 12.4. The van der Waals surface area contributed by atoms with Crippen LogP contribution in [0.15, 0.2) is 11.0 Å². The fraction of sp³-hybridized carbons (Fsp3) is 0.545. The number of nitrogens with zero attached hydrogens (tertiary/aromatic N) is 1. The largest absolute Gasteiger partial charge is 0.481 e. The van der Waals surface area contributed by atoms with Crippen LogP contribution >= 0.6 is 0 Å². The van der Waals surface area contributed by atoms with Crippen LogP contribution < -0.4 is 5.69 Å². The maximum absolute atomic E-state index is 12.0. The molecule has 0 bridgehead atoms.